The predicted octanol–water partition coefficient (Wildman–Crippen LogP) is 1.42. The minimum absolute atomic E-state index is 0.331. The molecule has 3 nitrogen and oxygen atoms in total. The van der Waals surface area contributed by atoms with Gasteiger partial charge in [-0.25, -0.2) is 0 Å². The van der Waals surface area contributed by atoms with E-state index in [-0.39, 0.29) is 0 Å². The van der Waals surface area contributed by atoms with Crippen LogP contribution in [0.3, 0.4) is 0 Å². The molecule has 1 aliphatic heterocycles. The number of ether oxygens (including phenoxy) is 1. The summed E-state index contributed by atoms with van der Waals surface area (Å²) in [5, 5.41) is 6.82. The fourth-order valence-electron chi connectivity index (χ4n) is 2.36. The Morgan fingerprint density at radius 2 is 2.28 bits per heavy atom. The maximum Gasteiger partial charge on any atom is 0.0824 e. The van der Waals surface area contributed by atoms with Gasteiger partial charge in [0.2, 0.25) is 0 Å². The molecule has 3 heteroatoms. The molecule has 1 fully saturated rings. The van der Waals surface area contributed by atoms with Gasteiger partial charge in [-0.05, 0) is 37.9 Å². The summed E-state index contributed by atoms with van der Waals surface area (Å²) in [6.07, 6.45) is 1.42. The van der Waals surface area contributed by atoms with Crippen molar-refractivity contribution in [3.63, 3.8) is 0 Å². The first-order chi connectivity index (χ1) is 8.75. The molecule has 0 aliphatic carbocycles. The zero-order chi connectivity index (χ0) is 12.8. The van der Waals surface area contributed by atoms with Crippen LogP contribution < -0.4 is 10.6 Å². The molecule has 2 rings (SSSR count). The third-order valence-electron chi connectivity index (χ3n) is 3.45. The summed E-state index contributed by atoms with van der Waals surface area (Å²) < 4.78 is 5.64. The van der Waals surface area contributed by atoms with Crippen LogP contribution in [0, 0.1) is 13.8 Å². The molecule has 0 aromatic heterocycles. The fourth-order valence-corrected chi connectivity index (χ4v) is 2.36. The average Bonchev–Trinajstić information content (AvgIpc) is 2.38. The highest BCUT2D eigenvalue weighted by Gasteiger charge is 2.12. The Balaban J connectivity index is 1.68. The summed E-state index contributed by atoms with van der Waals surface area (Å²) in [4.78, 5) is 0. The second-order valence-corrected chi connectivity index (χ2v) is 5.08. The Hall–Kier alpha value is -0.900. The lowest BCUT2D eigenvalue weighted by atomic mass is 10.0. The molecule has 0 bridgehead atoms. The number of aryl methyl sites for hydroxylation is 2. The summed E-state index contributed by atoms with van der Waals surface area (Å²) in [5.41, 5.74) is 4.18. The topological polar surface area (TPSA) is 33.3 Å². The Morgan fingerprint density at radius 1 is 1.39 bits per heavy atom. The van der Waals surface area contributed by atoms with Crippen molar-refractivity contribution < 1.29 is 4.74 Å². The van der Waals surface area contributed by atoms with Crippen LogP contribution in [0.1, 0.15) is 16.7 Å². The molecule has 1 atom stereocenters. The molecule has 1 saturated heterocycles. The minimum Gasteiger partial charge on any atom is -0.374 e. The normalized spacial score (nSPS) is 20.0. The molecule has 0 saturated carbocycles. The Kier molecular flexibility index (Phi) is 5.17. The molecule has 0 amide bonds. The van der Waals surface area contributed by atoms with Gasteiger partial charge in [-0.1, -0.05) is 23.8 Å². The van der Waals surface area contributed by atoms with Crippen LogP contribution in [0.15, 0.2) is 18.2 Å². The summed E-state index contributed by atoms with van der Waals surface area (Å²) >= 11 is 0. The maximum atomic E-state index is 5.64. The van der Waals surface area contributed by atoms with E-state index in [4.69, 9.17) is 4.74 Å². The van der Waals surface area contributed by atoms with E-state index in [1.807, 2.05) is 0 Å². The van der Waals surface area contributed by atoms with E-state index in [0.717, 1.165) is 39.2 Å². The first kappa shape index (κ1) is 13.5. The van der Waals surface area contributed by atoms with Crippen LogP contribution in [0.4, 0.5) is 0 Å². The zero-order valence-corrected chi connectivity index (χ0v) is 11.5. The molecule has 1 aromatic rings. The Bertz CT molecular complexity index is 373. The lowest BCUT2D eigenvalue weighted by Crippen LogP contribution is -2.44. The van der Waals surface area contributed by atoms with E-state index in [2.05, 4.69) is 42.7 Å². The standard InChI is InChI=1S/C15H24N2O/c1-12-3-4-14(13(2)9-12)5-6-16-10-15-11-17-7-8-18-15/h3-4,9,15-17H,5-8,10-11H2,1-2H3. The van der Waals surface area contributed by atoms with Crippen molar-refractivity contribution in [3.05, 3.63) is 34.9 Å². The zero-order valence-electron chi connectivity index (χ0n) is 11.5. The van der Waals surface area contributed by atoms with Crippen molar-refractivity contribution in [2.45, 2.75) is 26.4 Å². The van der Waals surface area contributed by atoms with Crippen LogP contribution in [-0.2, 0) is 11.2 Å². The van der Waals surface area contributed by atoms with Crippen LogP contribution in [-0.4, -0.2) is 38.9 Å². The average molecular weight is 248 g/mol. The van der Waals surface area contributed by atoms with E-state index in [9.17, 15) is 0 Å². The molecular weight excluding hydrogens is 224 g/mol. The van der Waals surface area contributed by atoms with E-state index in [0.29, 0.717) is 6.10 Å². The van der Waals surface area contributed by atoms with Gasteiger partial charge in [-0.15, -0.1) is 0 Å². The molecule has 1 aromatic carbocycles. The van der Waals surface area contributed by atoms with Crippen LogP contribution >= 0.6 is 0 Å². The number of nitrogens with one attached hydrogen (secondary N) is 2. The molecule has 2 N–H and O–H groups in total. The highest BCUT2D eigenvalue weighted by atomic mass is 16.5. The first-order valence-electron chi connectivity index (χ1n) is 6.85. The van der Waals surface area contributed by atoms with Crippen molar-refractivity contribution in [1.82, 2.24) is 10.6 Å². The summed E-state index contributed by atoms with van der Waals surface area (Å²) in [6, 6.07) is 6.69. The van der Waals surface area contributed by atoms with E-state index < -0.39 is 0 Å². The van der Waals surface area contributed by atoms with Gasteiger partial charge in [0, 0.05) is 19.6 Å². The largest absolute Gasteiger partial charge is 0.374 e. The number of benzene rings is 1. The third-order valence-corrected chi connectivity index (χ3v) is 3.45. The number of hydrogen-bond acceptors (Lipinski definition) is 3. The molecule has 18 heavy (non-hydrogen) atoms. The molecule has 1 aliphatic rings. The monoisotopic (exact) mass is 248 g/mol. The minimum atomic E-state index is 0.331. The van der Waals surface area contributed by atoms with Crippen molar-refractivity contribution in [2.75, 3.05) is 32.8 Å². The summed E-state index contributed by atoms with van der Waals surface area (Å²) in [5.74, 6) is 0. The smallest absolute Gasteiger partial charge is 0.0824 e. The molecular formula is C15H24N2O. The fraction of sp³-hybridized carbons (Fsp3) is 0.600. The summed E-state index contributed by atoms with van der Waals surface area (Å²) in [6.45, 7) is 9.08. The third kappa shape index (κ3) is 4.09. The lowest BCUT2D eigenvalue weighted by molar-refractivity contribution is 0.0294. The maximum absolute atomic E-state index is 5.64. The SMILES string of the molecule is Cc1ccc(CCNCC2CNCCO2)c(C)c1. The van der Waals surface area contributed by atoms with Gasteiger partial charge in [0.1, 0.15) is 0 Å². The molecule has 0 spiro atoms. The van der Waals surface area contributed by atoms with E-state index >= 15 is 0 Å². The highest BCUT2D eigenvalue weighted by molar-refractivity contribution is 5.30. The first-order valence-corrected chi connectivity index (χ1v) is 6.85. The van der Waals surface area contributed by atoms with Gasteiger partial charge >= 0.3 is 0 Å². The second kappa shape index (κ2) is 6.88. The van der Waals surface area contributed by atoms with Gasteiger partial charge < -0.3 is 15.4 Å². The molecule has 1 heterocycles. The Morgan fingerprint density at radius 3 is 3.00 bits per heavy atom. The summed E-state index contributed by atoms with van der Waals surface area (Å²) in [7, 11) is 0. The molecule has 0 radical (unpaired) electrons. The van der Waals surface area contributed by atoms with E-state index in [1.165, 1.54) is 16.7 Å². The van der Waals surface area contributed by atoms with Gasteiger partial charge in [0.15, 0.2) is 0 Å². The molecule has 100 valence electrons. The van der Waals surface area contributed by atoms with E-state index in [1.54, 1.807) is 0 Å². The Labute approximate surface area is 110 Å². The number of rotatable bonds is 5. The van der Waals surface area contributed by atoms with Crippen molar-refractivity contribution in [1.29, 1.82) is 0 Å². The second-order valence-electron chi connectivity index (χ2n) is 5.08. The molecule has 1 unspecified atom stereocenters. The van der Waals surface area contributed by atoms with Crippen LogP contribution in [0.2, 0.25) is 0 Å². The van der Waals surface area contributed by atoms with Gasteiger partial charge in [-0.3, -0.25) is 0 Å². The van der Waals surface area contributed by atoms with Crippen molar-refractivity contribution in [2.24, 2.45) is 0 Å². The van der Waals surface area contributed by atoms with Gasteiger partial charge in [0.25, 0.3) is 0 Å². The number of hydrogen-bond donors (Lipinski definition) is 2. The quantitative estimate of drug-likeness (QED) is 0.773. The van der Waals surface area contributed by atoms with Crippen molar-refractivity contribution in [3.8, 4) is 0 Å². The highest BCUT2D eigenvalue weighted by Crippen LogP contribution is 2.10. The van der Waals surface area contributed by atoms with Crippen molar-refractivity contribution >= 4 is 0 Å². The van der Waals surface area contributed by atoms with Gasteiger partial charge in [0.05, 0.1) is 12.7 Å². The van der Waals surface area contributed by atoms with Crippen LogP contribution in [0.5, 0.6) is 0 Å². The van der Waals surface area contributed by atoms with Crippen LogP contribution in [0.25, 0.3) is 0 Å². The lowest BCUT2D eigenvalue weighted by Gasteiger charge is -2.23. The number of morpholine rings is 1. The van der Waals surface area contributed by atoms with Gasteiger partial charge in [-0.2, -0.15) is 0 Å². The predicted molar refractivity (Wildman–Crippen MR) is 75.1 cm³/mol.